The summed E-state index contributed by atoms with van der Waals surface area (Å²) in [6.07, 6.45) is 5.06. The minimum absolute atomic E-state index is 0.820. The number of carbonyl (C=O) groups excluding carboxylic acids is 1. The summed E-state index contributed by atoms with van der Waals surface area (Å²) >= 11 is 1.58. The van der Waals surface area contributed by atoms with Crippen LogP contribution in [0.2, 0.25) is 0 Å². The number of aldehydes is 1. The van der Waals surface area contributed by atoms with E-state index in [1.807, 2.05) is 12.1 Å². The van der Waals surface area contributed by atoms with E-state index in [-0.39, 0.29) is 0 Å². The van der Waals surface area contributed by atoms with Crippen molar-refractivity contribution < 1.29 is 4.79 Å². The Bertz CT molecular complexity index is 317. The molecule has 0 bridgehead atoms. The first-order chi connectivity index (χ1) is 6.79. The van der Waals surface area contributed by atoms with Gasteiger partial charge in [0.25, 0.3) is 0 Å². The lowest BCUT2D eigenvalue weighted by Gasteiger charge is -2.30. The highest BCUT2D eigenvalue weighted by Gasteiger charge is 2.19. The Morgan fingerprint density at radius 3 is 2.86 bits per heavy atom. The maximum absolute atomic E-state index is 10.5. The predicted molar refractivity (Wildman–Crippen MR) is 60.3 cm³/mol. The van der Waals surface area contributed by atoms with Crippen LogP contribution in [0, 0.1) is 5.92 Å². The van der Waals surface area contributed by atoms with E-state index in [9.17, 15) is 4.79 Å². The number of thiophene rings is 1. The largest absolute Gasteiger partial charge is 0.366 e. The highest BCUT2D eigenvalue weighted by molar-refractivity contribution is 7.17. The summed E-state index contributed by atoms with van der Waals surface area (Å²) < 4.78 is 0. The summed E-state index contributed by atoms with van der Waals surface area (Å²) in [4.78, 5) is 13.6. The molecule has 0 aliphatic heterocycles. The molecule has 1 aliphatic rings. The summed E-state index contributed by atoms with van der Waals surface area (Å²) in [5.74, 6) is 0.877. The molecule has 0 atom stereocenters. The molecule has 1 aromatic rings. The second-order valence-corrected chi connectivity index (χ2v) is 5.07. The van der Waals surface area contributed by atoms with Crippen LogP contribution >= 0.6 is 11.3 Å². The predicted octanol–water partition coefficient (Wildman–Crippen LogP) is 2.80. The normalized spacial score (nSPS) is 16.4. The van der Waals surface area contributed by atoms with Crippen LogP contribution in [0.25, 0.3) is 0 Å². The molecular formula is C11H15NOS. The lowest BCUT2D eigenvalue weighted by molar-refractivity contribution is 0.112. The fourth-order valence-electron chi connectivity index (χ4n) is 1.76. The van der Waals surface area contributed by atoms with Gasteiger partial charge in [0.05, 0.1) is 9.88 Å². The maximum atomic E-state index is 10.5. The van der Waals surface area contributed by atoms with E-state index >= 15 is 0 Å². The van der Waals surface area contributed by atoms with Crippen LogP contribution in [0.5, 0.6) is 0 Å². The molecule has 0 radical (unpaired) electrons. The smallest absolute Gasteiger partial charge is 0.160 e. The van der Waals surface area contributed by atoms with Gasteiger partial charge in [0.1, 0.15) is 0 Å². The van der Waals surface area contributed by atoms with E-state index in [0.29, 0.717) is 0 Å². The Morgan fingerprint density at radius 2 is 2.36 bits per heavy atom. The molecule has 1 aromatic heterocycles. The molecule has 3 heteroatoms. The summed E-state index contributed by atoms with van der Waals surface area (Å²) in [6, 6.07) is 3.93. The fraction of sp³-hybridized carbons (Fsp3) is 0.545. The molecule has 0 N–H and O–H groups in total. The van der Waals surface area contributed by atoms with Crippen molar-refractivity contribution in [3.63, 3.8) is 0 Å². The van der Waals surface area contributed by atoms with Gasteiger partial charge in [-0.15, -0.1) is 11.3 Å². The molecule has 1 heterocycles. The summed E-state index contributed by atoms with van der Waals surface area (Å²) in [6.45, 7) is 1.14. The van der Waals surface area contributed by atoms with Gasteiger partial charge in [-0.2, -0.15) is 0 Å². The van der Waals surface area contributed by atoms with Crippen LogP contribution < -0.4 is 4.90 Å². The van der Waals surface area contributed by atoms with Gasteiger partial charge in [-0.1, -0.05) is 6.42 Å². The summed E-state index contributed by atoms with van der Waals surface area (Å²) in [7, 11) is 2.11. The Morgan fingerprint density at radius 1 is 1.57 bits per heavy atom. The highest BCUT2D eigenvalue weighted by atomic mass is 32.1. The highest BCUT2D eigenvalue weighted by Crippen LogP contribution is 2.30. The molecule has 0 unspecified atom stereocenters. The van der Waals surface area contributed by atoms with Crippen molar-refractivity contribution in [1.82, 2.24) is 0 Å². The van der Waals surface area contributed by atoms with Gasteiger partial charge in [0, 0.05) is 13.6 Å². The average Bonchev–Trinajstić information content (AvgIpc) is 2.59. The topological polar surface area (TPSA) is 20.3 Å². The quantitative estimate of drug-likeness (QED) is 0.711. The average molecular weight is 209 g/mol. The molecule has 1 fully saturated rings. The minimum Gasteiger partial charge on any atom is -0.366 e. The Labute approximate surface area is 88.5 Å². The molecule has 1 saturated carbocycles. The number of nitrogens with zero attached hydrogens (tertiary/aromatic N) is 1. The standard InChI is InChI=1S/C11H15NOS/c1-12(7-9-3-2-4-9)11-6-5-10(8-13)14-11/h5-6,8-9H,2-4,7H2,1H3. The number of hydrogen-bond donors (Lipinski definition) is 0. The number of anilines is 1. The lowest BCUT2D eigenvalue weighted by Crippen LogP contribution is -2.28. The Hall–Kier alpha value is -0.830. The van der Waals surface area contributed by atoms with E-state index in [4.69, 9.17) is 0 Å². The zero-order valence-corrected chi connectivity index (χ0v) is 9.22. The van der Waals surface area contributed by atoms with Crippen molar-refractivity contribution >= 4 is 22.6 Å². The van der Waals surface area contributed by atoms with E-state index in [1.165, 1.54) is 24.3 Å². The number of carbonyl (C=O) groups is 1. The third-order valence-electron chi connectivity index (χ3n) is 2.86. The van der Waals surface area contributed by atoms with Gasteiger partial charge >= 0.3 is 0 Å². The van der Waals surface area contributed by atoms with E-state index < -0.39 is 0 Å². The number of hydrogen-bond acceptors (Lipinski definition) is 3. The first-order valence-electron chi connectivity index (χ1n) is 5.06. The first kappa shape index (κ1) is 9.71. The van der Waals surface area contributed by atoms with E-state index in [2.05, 4.69) is 11.9 Å². The third kappa shape index (κ3) is 1.98. The second kappa shape index (κ2) is 4.13. The van der Waals surface area contributed by atoms with Crippen molar-refractivity contribution in [3.05, 3.63) is 17.0 Å². The SMILES string of the molecule is CN(CC1CCC1)c1ccc(C=O)s1. The molecular weight excluding hydrogens is 194 g/mol. The third-order valence-corrected chi connectivity index (χ3v) is 3.99. The molecule has 0 aromatic carbocycles. The lowest BCUT2D eigenvalue weighted by atomic mass is 9.85. The van der Waals surface area contributed by atoms with Gasteiger partial charge in [0.15, 0.2) is 6.29 Å². The van der Waals surface area contributed by atoms with Gasteiger partial charge < -0.3 is 4.90 Å². The monoisotopic (exact) mass is 209 g/mol. The molecule has 2 nitrogen and oxygen atoms in total. The molecule has 76 valence electrons. The zero-order chi connectivity index (χ0) is 9.97. The van der Waals surface area contributed by atoms with Crippen molar-refractivity contribution in [2.24, 2.45) is 5.92 Å². The molecule has 14 heavy (non-hydrogen) atoms. The van der Waals surface area contributed by atoms with E-state index in [0.717, 1.165) is 23.6 Å². The fourth-order valence-corrected chi connectivity index (χ4v) is 2.56. The van der Waals surface area contributed by atoms with Crippen LogP contribution in [0.4, 0.5) is 5.00 Å². The first-order valence-corrected chi connectivity index (χ1v) is 5.87. The van der Waals surface area contributed by atoms with Gasteiger partial charge in [-0.05, 0) is 30.9 Å². The maximum Gasteiger partial charge on any atom is 0.160 e. The van der Waals surface area contributed by atoms with Crippen molar-refractivity contribution in [3.8, 4) is 0 Å². The minimum atomic E-state index is 0.820. The van der Waals surface area contributed by atoms with Gasteiger partial charge in [-0.25, -0.2) is 0 Å². The summed E-state index contributed by atoms with van der Waals surface area (Å²) in [5.41, 5.74) is 0. The summed E-state index contributed by atoms with van der Waals surface area (Å²) in [5, 5.41) is 1.21. The van der Waals surface area contributed by atoms with Crippen molar-refractivity contribution in [2.75, 3.05) is 18.5 Å². The van der Waals surface area contributed by atoms with Crippen molar-refractivity contribution in [2.45, 2.75) is 19.3 Å². The Kier molecular flexibility index (Phi) is 2.87. The van der Waals surface area contributed by atoms with E-state index in [1.54, 1.807) is 11.3 Å². The van der Waals surface area contributed by atoms with Crippen LogP contribution in [0.1, 0.15) is 28.9 Å². The van der Waals surface area contributed by atoms with Gasteiger partial charge in [0.2, 0.25) is 0 Å². The van der Waals surface area contributed by atoms with Crippen LogP contribution in [-0.4, -0.2) is 19.9 Å². The van der Waals surface area contributed by atoms with Crippen LogP contribution in [0.3, 0.4) is 0 Å². The molecule has 0 spiro atoms. The molecule has 1 aliphatic carbocycles. The molecule has 0 saturated heterocycles. The van der Waals surface area contributed by atoms with Crippen molar-refractivity contribution in [1.29, 1.82) is 0 Å². The number of rotatable bonds is 4. The van der Waals surface area contributed by atoms with Crippen LogP contribution in [0.15, 0.2) is 12.1 Å². The Balaban J connectivity index is 1.95. The zero-order valence-electron chi connectivity index (χ0n) is 8.40. The molecule has 2 rings (SSSR count). The second-order valence-electron chi connectivity index (χ2n) is 3.97. The van der Waals surface area contributed by atoms with Gasteiger partial charge in [-0.3, -0.25) is 4.79 Å². The van der Waals surface area contributed by atoms with Crippen LogP contribution in [-0.2, 0) is 0 Å². The molecule has 0 amide bonds.